The van der Waals surface area contributed by atoms with Gasteiger partial charge in [0.1, 0.15) is 17.1 Å². The second kappa shape index (κ2) is 5.82. The normalized spacial score (nSPS) is 10.3. The first-order valence-corrected chi connectivity index (χ1v) is 6.68. The highest BCUT2D eigenvalue weighted by Crippen LogP contribution is 2.35. The van der Waals surface area contributed by atoms with Crippen LogP contribution >= 0.6 is 39.1 Å². The molecule has 0 saturated carbocycles. The number of aromatic carboxylic acids is 1. The van der Waals surface area contributed by atoms with Gasteiger partial charge in [0.2, 0.25) is 0 Å². The Bertz CT molecular complexity index is 644. The Kier molecular flexibility index (Phi) is 4.34. The van der Waals surface area contributed by atoms with E-state index in [-0.39, 0.29) is 16.3 Å². The van der Waals surface area contributed by atoms with Gasteiger partial charge in [0, 0.05) is 5.02 Å². The second-order valence-electron chi connectivity index (χ2n) is 3.59. The van der Waals surface area contributed by atoms with Crippen LogP contribution in [-0.4, -0.2) is 11.1 Å². The predicted octanol–water partition coefficient (Wildman–Crippen LogP) is 5.25. The Morgan fingerprint density at radius 2 is 1.89 bits per heavy atom. The summed E-state index contributed by atoms with van der Waals surface area (Å²) in [6.45, 7) is 0. The van der Waals surface area contributed by atoms with Gasteiger partial charge in [-0.2, -0.15) is 0 Å². The summed E-state index contributed by atoms with van der Waals surface area (Å²) in [5.74, 6) is -0.525. The summed E-state index contributed by atoms with van der Waals surface area (Å²) in [6, 6.07) is 9.59. The van der Waals surface area contributed by atoms with Crippen molar-refractivity contribution < 1.29 is 14.6 Å². The van der Waals surface area contributed by atoms with Crippen LogP contribution in [0.25, 0.3) is 0 Å². The number of rotatable bonds is 3. The molecule has 2 aromatic carbocycles. The number of hydrogen-bond acceptors (Lipinski definition) is 2. The van der Waals surface area contributed by atoms with Gasteiger partial charge in [0.25, 0.3) is 0 Å². The van der Waals surface area contributed by atoms with E-state index in [9.17, 15) is 4.79 Å². The average molecular weight is 362 g/mol. The number of carboxylic acid groups (broad SMARTS) is 1. The van der Waals surface area contributed by atoms with Crippen LogP contribution in [0.4, 0.5) is 0 Å². The van der Waals surface area contributed by atoms with Crippen molar-refractivity contribution in [3.63, 3.8) is 0 Å². The van der Waals surface area contributed by atoms with Crippen molar-refractivity contribution >= 4 is 45.1 Å². The van der Waals surface area contributed by atoms with Gasteiger partial charge >= 0.3 is 5.97 Å². The third kappa shape index (κ3) is 3.21. The Labute approximate surface area is 127 Å². The van der Waals surface area contributed by atoms with Crippen LogP contribution in [0.5, 0.6) is 11.5 Å². The van der Waals surface area contributed by atoms with Crippen LogP contribution < -0.4 is 4.74 Å². The first-order valence-electron chi connectivity index (χ1n) is 5.13. The van der Waals surface area contributed by atoms with Crippen molar-refractivity contribution in [1.82, 2.24) is 0 Å². The highest BCUT2D eigenvalue weighted by Gasteiger charge is 2.16. The van der Waals surface area contributed by atoms with Gasteiger partial charge in [-0.3, -0.25) is 0 Å². The molecule has 2 rings (SSSR count). The molecule has 0 aliphatic carbocycles. The maximum Gasteiger partial charge on any atom is 0.341 e. The van der Waals surface area contributed by atoms with Gasteiger partial charge in [0.15, 0.2) is 0 Å². The minimum Gasteiger partial charge on any atom is -0.478 e. The molecule has 0 amide bonds. The lowest BCUT2D eigenvalue weighted by atomic mass is 10.2. The highest BCUT2D eigenvalue weighted by molar-refractivity contribution is 9.10. The molecule has 0 radical (unpaired) electrons. The summed E-state index contributed by atoms with van der Waals surface area (Å²) in [7, 11) is 0. The monoisotopic (exact) mass is 360 g/mol. The van der Waals surface area contributed by atoms with Gasteiger partial charge in [-0.25, -0.2) is 4.79 Å². The SMILES string of the molecule is O=C(O)c1c(Cl)cccc1Oc1ccc(Cl)cc1Br. The zero-order valence-electron chi connectivity index (χ0n) is 9.36. The molecule has 0 aliphatic heterocycles. The fourth-order valence-electron chi connectivity index (χ4n) is 1.47. The van der Waals surface area contributed by atoms with Crippen LogP contribution in [0.15, 0.2) is 40.9 Å². The van der Waals surface area contributed by atoms with Gasteiger partial charge < -0.3 is 9.84 Å². The van der Waals surface area contributed by atoms with E-state index in [0.717, 1.165) is 0 Å². The number of carboxylic acids is 1. The van der Waals surface area contributed by atoms with Crippen LogP contribution in [0.1, 0.15) is 10.4 Å². The highest BCUT2D eigenvalue weighted by atomic mass is 79.9. The fraction of sp³-hybridized carbons (Fsp3) is 0. The lowest BCUT2D eigenvalue weighted by Crippen LogP contribution is -2.01. The van der Waals surface area contributed by atoms with Gasteiger partial charge in [0.05, 0.1) is 9.50 Å². The van der Waals surface area contributed by atoms with Crippen LogP contribution in [0.3, 0.4) is 0 Å². The van der Waals surface area contributed by atoms with Crippen molar-refractivity contribution in [2.24, 2.45) is 0 Å². The average Bonchev–Trinajstić information content (AvgIpc) is 2.32. The molecule has 3 nitrogen and oxygen atoms in total. The minimum absolute atomic E-state index is 0.0778. The zero-order valence-corrected chi connectivity index (χ0v) is 12.5. The van der Waals surface area contributed by atoms with Crippen LogP contribution in [-0.2, 0) is 0 Å². The van der Waals surface area contributed by atoms with E-state index < -0.39 is 5.97 Å². The zero-order chi connectivity index (χ0) is 14.0. The van der Waals surface area contributed by atoms with Crippen LogP contribution in [0.2, 0.25) is 10.0 Å². The van der Waals surface area contributed by atoms with Gasteiger partial charge in [-0.1, -0.05) is 29.3 Å². The lowest BCUT2D eigenvalue weighted by Gasteiger charge is -2.11. The van der Waals surface area contributed by atoms with Crippen molar-refractivity contribution in [2.75, 3.05) is 0 Å². The summed E-state index contributed by atoms with van der Waals surface area (Å²) in [5.41, 5.74) is -0.0778. The second-order valence-corrected chi connectivity index (χ2v) is 5.29. The molecule has 0 heterocycles. The molecule has 98 valence electrons. The van der Waals surface area contributed by atoms with Crippen molar-refractivity contribution in [1.29, 1.82) is 0 Å². The first-order chi connectivity index (χ1) is 8.99. The summed E-state index contributed by atoms with van der Waals surface area (Å²) in [5, 5.41) is 9.81. The number of benzene rings is 2. The molecule has 2 aromatic rings. The smallest absolute Gasteiger partial charge is 0.341 e. The molecule has 19 heavy (non-hydrogen) atoms. The van der Waals surface area contributed by atoms with E-state index in [1.807, 2.05) is 0 Å². The largest absolute Gasteiger partial charge is 0.478 e. The summed E-state index contributed by atoms with van der Waals surface area (Å²) in [6.07, 6.45) is 0. The Morgan fingerprint density at radius 1 is 1.16 bits per heavy atom. The molecule has 0 unspecified atom stereocenters. The van der Waals surface area contributed by atoms with Crippen LogP contribution in [0, 0.1) is 0 Å². The van der Waals surface area contributed by atoms with E-state index in [4.69, 9.17) is 33.0 Å². The molecule has 1 N–H and O–H groups in total. The number of halogens is 3. The molecule has 0 fully saturated rings. The molecule has 6 heteroatoms. The lowest BCUT2D eigenvalue weighted by molar-refractivity contribution is 0.0694. The maximum atomic E-state index is 11.2. The Balaban J connectivity index is 2.44. The Morgan fingerprint density at radius 3 is 2.53 bits per heavy atom. The molecule has 0 spiro atoms. The maximum absolute atomic E-state index is 11.2. The summed E-state index contributed by atoms with van der Waals surface area (Å²) in [4.78, 5) is 11.2. The van der Waals surface area contributed by atoms with Gasteiger partial charge in [-0.15, -0.1) is 0 Å². The van der Waals surface area contributed by atoms with E-state index in [1.165, 1.54) is 12.1 Å². The molecule has 0 aliphatic rings. The topological polar surface area (TPSA) is 46.5 Å². The van der Waals surface area contributed by atoms with Crippen molar-refractivity contribution in [3.05, 3.63) is 56.5 Å². The van der Waals surface area contributed by atoms with Crippen molar-refractivity contribution in [3.8, 4) is 11.5 Å². The summed E-state index contributed by atoms with van der Waals surface area (Å²) >= 11 is 15.0. The van der Waals surface area contributed by atoms with E-state index in [1.54, 1.807) is 24.3 Å². The number of hydrogen-bond donors (Lipinski definition) is 1. The predicted molar refractivity (Wildman–Crippen MR) is 77.6 cm³/mol. The van der Waals surface area contributed by atoms with E-state index in [2.05, 4.69) is 15.9 Å². The fourth-order valence-corrected chi connectivity index (χ4v) is 2.48. The number of ether oxygens (including phenoxy) is 1. The first kappa shape index (κ1) is 14.2. The third-order valence-electron chi connectivity index (χ3n) is 2.30. The van der Waals surface area contributed by atoms with Gasteiger partial charge in [-0.05, 0) is 46.3 Å². The molecular weight excluding hydrogens is 355 g/mol. The minimum atomic E-state index is -1.15. The molecule has 0 saturated heterocycles. The molecule has 0 bridgehead atoms. The third-order valence-corrected chi connectivity index (χ3v) is 3.47. The Hall–Kier alpha value is -1.23. The molecule has 0 aromatic heterocycles. The molecular formula is C13H7BrCl2O3. The van der Waals surface area contributed by atoms with Crippen molar-refractivity contribution in [2.45, 2.75) is 0 Å². The van der Waals surface area contributed by atoms with E-state index in [0.29, 0.717) is 15.2 Å². The molecule has 0 atom stereocenters. The standard InChI is InChI=1S/C13H7BrCl2O3/c14-8-6-7(15)4-5-10(8)19-11-3-1-2-9(16)12(11)13(17)18/h1-6H,(H,17,18). The number of carbonyl (C=O) groups is 1. The quantitative estimate of drug-likeness (QED) is 0.812. The van der Waals surface area contributed by atoms with E-state index >= 15 is 0 Å². The summed E-state index contributed by atoms with van der Waals surface area (Å²) < 4.78 is 6.19.